The van der Waals surface area contributed by atoms with Crippen molar-refractivity contribution >= 4 is 61.7 Å². The largest absolute Gasteiger partial charge is 0.494 e. The molecule has 1 aliphatic rings. The first kappa shape index (κ1) is 26.5. The molecule has 1 aliphatic heterocycles. The second-order valence-corrected chi connectivity index (χ2v) is 11.1. The Hall–Kier alpha value is -3.09. The molecule has 0 atom stereocenters. The highest BCUT2D eigenvalue weighted by Gasteiger charge is 2.23. The molecule has 0 amide bonds. The summed E-state index contributed by atoms with van der Waals surface area (Å²) < 4.78 is 40.0. The molecule has 0 radical (unpaired) electrons. The number of halogens is 2. The van der Waals surface area contributed by atoms with Gasteiger partial charge in [0.1, 0.15) is 5.75 Å². The zero-order chi connectivity index (χ0) is 27.0. The Morgan fingerprint density at radius 2 is 1.89 bits per heavy atom. The maximum Gasteiger partial charge on any atom is 0.363 e. The molecule has 4 aromatic rings. The third-order valence-electron chi connectivity index (χ3n) is 6.65. The second-order valence-electron chi connectivity index (χ2n) is 8.97. The molecule has 3 heterocycles. The van der Waals surface area contributed by atoms with Gasteiger partial charge in [-0.25, -0.2) is 13.9 Å². The fourth-order valence-electron chi connectivity index (χ4n) is 4.67. The fraction of sp³-hybridized carbons (Fsp3) is 0.280. The van der Waals surface area contributed by atoms with Crippen molar-refractivity contribution < 1.29 is 22.8 Å². The van der Waals surface area contributed by atoms with Crippen LogP contribution in [-0.2, 0) is 10.3 Å². The summed E-state index contributed by atoms with van der Waals surface area (Å²) in [4.78, 5) is 11.0. The van der Waals surface area contributed by atoms with Crippen molar-refractivity contribution in [2.45, 2.75) is 12.8 Å². The molecule has 1 fully saturated rings. The van der Waals surface area contributed by atoms with E-state index in [4.69, 9.17) is 27.9 Å². The van der Waals surface area contributed by atoms with Gasteiger partial charge in [-0.1, -0.05) is 41.4 Å². The Bertz CT molecular complexity index is 1600. The lowest BCUT2D eigenvalue weighted by atomic mass is 9.97. The Morgan fingerprint density at radius 3 is 2.58 bits per heavy atom. The van der Waals surface area contributed by atoms with Gasteiger partial charge in [0.2, 0.25) is 5.95 Å². The van der Waals surface area contributed by atoms with Gasteiger partial charge in [-0.15, -0.1) is 0 Å². The Morgan fingerprint density at radius 1 is 1.16 bits per heavy atom. The molecule has 0 unspecified atom stereocenters. The van der Waals surface area contributed by atoms with Crippen molar-refractivity contribution in [3.63, 3.8) is 0 Å². The van der Waals surface area contributed by atoms with Crippen molar-refractivity contribution in [1.82, 2.24) is 13.9 Å². The first-order valence-electron chi connectivity index (χ1n) is 11.8. The fourth-order valence-corrected chi connectivity index (χ4v) is 5.80. The molecule has 0 aliphatic carbocycles. The van der Waals surface area contributed by atoms with Gasteiger partial charge in [-0.05, 0) is 30.9 Å². The third-order valence-corrected chi connectivity index (χ3v) is 8.03. The summed E-state index contributed by atoms with van der Waals surface area (Å²) in [7, 11) is -3.00. The average molecular weight is 578 g/mol. The van der Waals surface area contributed by atoms with Crippen LogP contribution in [-0.4, -0.2) is 58.8 Å². The summed E-state index contributed by atoms with van der Waals surface area (Å²) in [5.41, 5.74) is 2.32. The molecular formula is C25H25Cl2N5O5S. The number of aromatic nitrogens is 3. The number of para-hydroxylation sites is 1. The van der Waals surface area contributed by atoms with Crippen LogP contribution in [0.4, 0.5) is 17.3 Å². The summed E-state index contributed by atoms with van der Waals surface area (Å²) in [6, 6.07) is 10.3. The normalized spacial score (nSPS) is 14.7. The van der Waals surface area contributed by atoms with Gasteiger partial charge in [-0.3, -0.25) is 4.55 Å². The van der Waals surface area contributed by atoms with E-state index >= 15 is 0 Å². The average Bonchev–Trinajstić information content (AvgIpc) is 3.30. The minimum absolute atomic E-state index is 0.180. The van der Waals surface area contributed by atoms with Crippen LogP contribution in [0.25, 0.3) is 22.2 Å². The maximum atomic E-state index is 12.0. The zero-order valence-corrected chi connectivity index (χ0v) is 22.6. The van der Waals surface area contributed by atoms with Gasteiger partial charge in [0, 0.05) is 42.9 Å². The molecule has 0 saturated carbocycles. The van der Waals surface area contributed by atoms with Gasteiger partial charge in [0.15, 0.2) is 0 Å². The van der Waals surface area contributed by atoms with Crippen molar-refractivity contribution in [2.75, 3.05) is 37.0 Å². The van der Waals surface area contributed by atoms with Crippen LogP contribution >= 0.6 is 23.2 Å². The van der Waals surface area contributed by atoms with Crippen molar-refractivity contribution in [1.29, 1.82) is 0 Å². The number of nitrogens with one attached hydrogen (secondary N) is 1. The Balaban J connectivity index is 1.50. The van der Waals surface area contributed by atoms with Crippen molar-refractivity contribution in [2.24, 2.45) is 5.92 Å². The van der Waals surface area contributed by atoms with Gasteiger partial charge in [-0.2, -0.15) is 8.42 Å². The highest BCUT2D eigenvalue weighted by molar-refractivity contribution is 7.84. The van der Waals surface area contributed by atoms with Crippen LogP contribution in [0.5, 0.6) is 5.75 Å². The quantitative estimate of drug-likeness (QED) is 0.259. The van der Waals surface area contributed by atoms with E-state index in [1.165, 1.54) is 12.4 Å². The van der Waals surface area contributed by atoms with E-state index in [2.05, 4.69) is 20.2 Å². The number of hydrogen-bond acceptors (Lipinski definition) is 8. The topological polar surface area (TPSA) is 130 Å². The number of fused-ring (bicyclic) bond motifs is 1. The highest BCUT2D eigenvalue weighted by atomic mass is 35.5. The number of ether oxygens (including phenoxy) is 1. The maximum absolute atomic E-state index is 12.0. The number of methoxy groups -OCH3 is 1. The number of aliphatic hydroxyl groups is 1. The molecule has 2 aromatic heterocycles. The number of nitrogens with zero attached hydrogens (tertiary/aromatic N) is 4. The number of anilines is 3. The lowest BCUT2D eigenvalue weighted by molar-refractivity contribution is 0.203. The number of hydrogen-bond donors (Lipinski definition) is 3. The first-order chi connectivity index (χ1) is 18.2. The number of rotatable bonds is 7. The number of aliphatic hydroxyl groups excluding tert-OH is 1. The Kier molecular flexibility index (Phi) is 7.38. The van der Waals surface area contributed by atoms with Gasteiger partial charge < -0.3 is 20.1 Å². The molecule has 0 spiro atoms. The smallest absolute Gasteiger partial charge is 0.363 e. The van der Waals surface area contributed by atoms with Crippen LogP contribution in [0.2, 0.25) is 10.0 Å². The predicted molar refractivity (Wildman–Crippen MR) is 148 cm³/mol. The van der Waals surface area contributed by atoms with E-state index in [0.29, 0.717) is 33.3 Å². The zero-order valence-electron chi connectivity index (χ0n) is 20.3. The summed E-state index contributed by atoms with van der Waals surface area (Å²) in [5, 5.41) is 13.8. The number of benzene rings is 2. The molecule has 13 heteroatoms. The van der Waals surface area contributed by atoms with E-state index in [-0.39, 0.29) is 28.8 Å². The van der Waals surface area contributed by atoms with E-state index in [1.807, 2.05) is 6.07 Å². The Labute approximate surface area is 229 Å². The highest BCUT2D eigenvalue weighted by Crippen LogP contribution is 2.40. The molecule has 2 aromatic carbocycles. The molecule has 3 N–H and O–H groups in total. The standard InChI is InChI=1S/C25H25Cl2N5O5S/c1-37-23-11-22(31-8-6-15(14-33)7-9-31)18(26)10-20(23)29-25-28-12-19(27)24(30-25)17-13-32(38(34,35)36)21-5-3-2-4-16(17)21/h2-5,10-13,15,33H,6-9,14H2,1H3,(H,28,29,30)(H,34,35,36). The van der Waals surface area contributed by atoms with Crippen LogP contribution in [0, 0.1) is 5.92 Å². The first-order valence-corrected chi connectivity index (χ1v) is 14.0. The summed E-state index contributed by atoms with van der Waals surface area (Å²) >= 11 is 13.1. The van der Waals surface area contributed by atoms with E-state index in [0.717, 1.165) is 35.6 Å². The monoisotopic (exact) mass is 577 g/mol. The summed E-state index contributed by atoms with van der Waals surface area (Å²) in [6.45, 7) is 1.75. The van der Waals surface area contributed by atoms with Crippen LogP contribution in [0.3, 0.4) is 0 Å². The van der Waals surface area contributed by atoms with Crippen LogP contribution < -0.4 is 15.0 Å². The minimum Gasteiger partial charge on any atom is -0.494 e. The number of piperidine rings is 1. The third kappa shape index (κ3) is 5.12. The van der Waals surface area contributed by atoms with E-state index < -0.39 is 10.3 Å². The van der Waals surface area contributed by atoms with Crippen molar-refractivity contribution in [3.8, 4) is 17.0 Å². The molecule has 200 valence electrons. The van der Waals surface area contributed by atoms with Crippen LogP contribution in [0.1, 0.15) is 12.8 Å². The molecule has 38 heavy (non-hydrogen) atoms. The predicted octanol–water partition coefficient (Wildman–Crippen LogP) is 5.02. The van der Waals surface area contributed by atoms with E-state index in [9.17, 15) is 18.1 Å². The summed E-state index contributed by atoms with van der Waals surface area (Å²) in [5.74, 6) is 1.01. The van der Waals surface area contributed by atoms with Gasteiger partial charge >= 0.3 is 10.3 Å². The lowest BCUT2D eigenvalue weighted by Crippen LogP contribution is -2.34. The second kappa shape index (κ2) is 10.6. The summed E-state index contributed by atoms with van der Waals surface area (Å²) in [6.07, 6.45) is 4.43. The van der Waals surface area contributed by atoms with Gasteiger partial charge in [0.05, 0.1) is 45.9 Å². The molecule has 5 rings (SSSR count). The molecule has 1 saturated heterocycles. The molecule has 0 bridgehead atoms. The molecule has 10 nitrogen and oxygen atoms in total. The van der Waals surface area contributed by atoms with Gasteiger partial charge in [0.25, 0.3) is 0 Å². The van der Waals surface area contributed by atoms with Crippen LogP contribution in [0.15, 0.2) is 48.8 Å². The SMILES string of the molecule is COc1cc(N2CCC(CO)CC2)c(Cl)cc1Nc1ncc(Cl)c(-c2cn(S(=O)(=O)O)c3ccccc23)n1. The van der Waals surface area contributed by atoms with Crippen molar-refractivity contribution in [3.05, 3.63) is 58.8 Å². The lowest BCUT2D eigenvalue weighted by Gasteiger charge is -2.33. The minimum atomic E-state index is -4.55. The molecular weight excluding hydrogens is 553 g/mol. The van der Waals surface area contributed by atoms with E-state index in [1.54, 1.807) is 37.4 Å².